The van der Waals surface area contributed by atoms with E-state index in [1.807, 2.05) is 18.2 Å². The lowest BCUT2D eigenvalue weighted by atomic mass is 10.2. The maximum atomic E-state index is 12.4. The number of thiophene rings is 1. The standard InChI is InChI=1S/C21H16ClF3N2O3S/c22-13-3-1-12(2-4-13)17-9-16-19(31-17)20(29)27(11-26-16)14-5-7-15(8-6-14)30-10-18(28)21(23,24)25/h1-9,11,18,20,28-29H,10H2. The molecule has 31 heavy (non-hydrogen) atoms. The van der Waals surface area contributed by atoms with Crippen LogP contribution in [0.2, 0.25) is 5.02 Å². The van der Waals surface area contributed by atoms with Gasteiger partial charge in [0, 0.05) is 15.6 Å². The van der Waals surface area contributed by atoms with Gasteiger partial charge >= 0.3 is 6.18 Å². The largest absolute Gasteiger partial charge is 0.491 e. The molecule has 0 aliphatic carbocycles. The second-order valence-electron chi connectivity index (χ2n) is 6.75. The van der Waals surface area contributed by atoms with E-state index in [1.165, 1.54) is 29.8 Å². The highest BCUT2D eigenvalue weighted by Gasteiger charge is 2.38. The van der Waals surface area contributed by atoms with Crippen LogP contribution in [0.3, 0.4) is 0 Å². The Labute approximate surface area is 184 Å². The van der Waals surface area contributed by atoms with Crippen LogP contribution in [-0.4, -0.2) is 35.4 Å². The van der Waals surface area contributed by atoms with Gasteiger partial charge in [0.1, 0.15) is 12.4 Å². The molecule has 0 saturated carbocycles. The van der Waals surface area contributed by atoms with Crippen LogP contribution in [0.15, 0.2) is 59.6 Å². The van der Waals surface area contributed by atoms with Crippen molar-refractivity contribution >= 4 is 40.7 Å². The second-order valence-corrected chi connectivity index (χ2v) is 8.28. The SMILES string of the molecule is OC1c2sc(-c3ccc(Cl)cc3)cc2N=CN1c1ccc(OCC(O)C(F)(F)F)cc1. The number of nitrogens with zero attached hydrogens (tertiary/aromatic N) is 2. The number of alkyl halides is 3. The summed E-state index contributed by atoms with van der Waals surface area (Å²) in [4.78, 5) is 7.55. The lowest BCUT2D eigenvalue weighted by molar-refractivity contribution is -0.210. The van der Waals surface area contributed by atoms with E-state index in [2.05, 4.69) is 4.99 Å². The molecule has 0 spiro atoms. The molecule has 0 radical (unpaired) electrons. The molecule has 1 aliphatic rings. The zero-order valence-corrected chi connectivity index (χ0v) is 17.3. The van der Waals surface area contributed by atoms with E-state index in [0.717, 1.165) is 10.4 Å². The highest BCUT2D eigenvalue weighted by atomic mass is 35.5. The van der Waals surface area contributed by atoms with Gasteiger partial charge in [-0.2, -0.15) is 13.2 Å². The first-order valence-corrected chi connectivity index (χ1v) is 10.3. The van der Waals surface area contributed by atoms with Gasteiger partial charge in [-0.3, -0.25) is 0 Å². The number of anilines is 1. The minimum absolute atomic E-state index is 0.164. The summed E-state index contributed by atoms with van der Waals surface area (Å²) in [5.74, 6) is 0.164. The monoisotopic (exact) mass is 468 g/mol. The van der Waals surface area contributed by atoms with Crippen molar-refractivity contribution < 1.29 is 28.1 Å². The zero-order valence-electron chi connectivity index (χ0n) is 15.8. The van der Waals surface area contributed by atoms with E-state index < -0.39 is 25.1 Å². The fraction of sp³-hybridized carbons (Fsp3) is 0.190. The summed E-state index contributed by atoms with van der Waals surface area (Å²) in [7, 11) is 0. The van der Waals surface area contributed by atoms with Crippen LogP contribution in [0.25, 0.3) is 10.4 Å². The lowest BCUT2D eigenvalue weighted by Gasteiger charge is -2.28. The average Bonchev–Trinajstić information content (AvgIpc) is 3.18. The molecule has 0 amide bonds. The predicted molar refractivity (Wildman–Crippen MR) is 114 cm³/mol. The zero-order chi connectivity index (χ0) is 22.2. The number of aliphatic imine (C=N–C) groups is 1. The quantitative estimate of drug-likeness (QED) is 0.516. The van der Waals surface area contributed by atoms with Crippen molar-refractivity contribution in [1.29, 1.82) is 0 Å². The van der Waals surface area contributed by atoms with Gasteiger partial charge in [0.05, 0.1) is 16.9 Å². The van der Waals surface area contributed by atoms with Gasteiger partial charge in [-0.15, -0.1) is 11.3 Å². The van der Waals surface area contributed by atoms with E-state index in [0.29, 0.717) is 21.3 Å². The Kier molecular flexibility index (Phi) is 5.94. The summed E-state index contributed by atoms with van der Waals surface area (Å²) in [5.41, 5.74) is 2.20. The number of benzene rings is 2. The normalized spacial score (nSPS) is 16.8. The summed E-state index contributed by atoms with van der Waals surface area (Å²) >= 11 is 7.35. The fourth-order valence-electron chi connectivity index (χ4n) is 2.94. The molecular formula is C21H16ClF3N2O3S. The molecule has 2 atom stereocenters. The first-order valence-electron chi connectivity index (χ1n) is 9.10. The van der Waals surface area contributed by atoms with Gasteiger partial charge in [-0.25, -0.2) is 4.99 Å². The summed E-state index contributed by atoms with van der Waals surface area (Å²) in [5, 5.41) is 20.5. The number of ether oxygens (including phenoxy) is 1. The molecule has 3 aromatic rings. The summed E-state index contributed by atoms with van der Waals surface area (Å²) < 4.78 is 42.1. The van der Waals surface area contributed by atoms with Crippen molar-refractivity contribution in [2.45, 2.75) is 18.5 Å². The van der Waals surface area contributed by atoms with Crippen LogP contribution in [-0.2, 0) is 0 Å². The molecule has 0 saturated heterocycles. The maximum Gasteiger partial charge on any atom is 0.417 e. The number of halogens is 4. The van der Waals surface area contributed by atoms with Crippen LogP contribution in [0, 0.1) is 0 Å². The van der Waals surface area contributed by atoms with E-state index in [9.17, 15) is 18.3 Å². The molecule has 1 aromatic heterocycles. The van der Waals surface area contributed by atoms with Gasteiger partial charge < -0.3 is 19.8 Å². The minimum Gasteiger partial charge on any atom is -0.491 e. The summed E-state index contributed by atoms with van der Waals surface area (Å²) in [6.45, 7) is -0.900. The molecule has 10 heteroatoms. The van der Waals surface area contributed by atoms with Gasteiger partial charge in [-0.05, 0) is 48.0 Å². The van der Waals surface area contributed by atoms with Crippen molar-refractivity contribution in [2.75, 3.05) is 11.5 Å². The molecular weight excluding hydrogens is 453 g/mol. The number of aliphatic hydroxyl groups excluding tert-OH is 2. The lowest BCUT2D eigenvalue weighted by Crippen LogP contribution is -2.34. The van der Waals surface area contributed by atoms with Crippen molar-refractivity contribution in [3.05, 3.63) is 64.5 Å². The van der Waals surface area contributed by atoms with E-state index in [4.69, 9.17) is 21.4 Å². The predicted octanol–water partition coefficient (Wildman–Crippen LogP) is 5.54. The van der Waals surface area contributed by atoms with Gasteiger partial charge in [0.15, 0.2) is 12.3 Å². The number of fused-ring (bicyclic) bond motifs is 1. The first-order chi connectivity index (χ1) is 14.7. The van der Waals surface area contributed by atoms with Crippen LogP contribution in [0.1, 0.15) is 11.1 Å². The Bertz CT molecular complexity index is 1080. The number of hydrogen-bond donors (Lipinski definition) is 2. The Morgan fingerprint density at radius 3 is 2.45 bits per heavy atom. The Morgan fingerprint density at radius 2 is 1.81 bits per heavy atom. The van der Waals surface area contributed by atoms with Crippen LogP contribution < -0.4 is 9.64 Å². The minimum atomic E-state index is -4.74. The molecule has 162 valence electrons. The molecule has 2 aromatic carbocycles. The van der Waals surface area contributed by atoms with Crippen molar-refractivity contribution in [1.82, 2.24) is 0 Å². The van der Waals surface area contributed by atoms with Gasteiger partial charge in [-0.1, -0.05) is 23.7 Å². The molecule has 1 aliphatic heterocycles. The number of aliphatic hydroxyl groups is 2. The highest BCUT2D eigenvalue weighted by molar-refractivity contribution is 7.16. The number of rotatable bonds is 5. The first kappa shape index (κ1) is 21.6. The van der Waals surface area contributed by atoms with E-state index in [-0.39, 0.29) is 5.75 Å². The Hall–Kier alpha value is -2.59. The topological polar surface area (TPSA) is 65.3 Å². The third-order valence-corrected chi connectivity index (χ3v) is 6.07. The fourth-order valence-corrected chi connectivity index (χ4v) is 4.17. The Morgan fingerprint density at radius 1 is 1.13 bits per heavy atom. The Balaban J connectivity index is 1.48. The third-order valence-electron chi connectivity index (χ3n) is 4.61. The van der Waals surface area contributed by atoms with Gasteiger partial charge in [0.25, 0.3) is 0 Å². The summed E-state index contributed by atoms with van der Waals surface area (Å²) in [6.07, 6.45) is -6.78. The number of hydrogen-bond acceptors (Lipinski definition) is 6. The molecule has 0 fully saturated rings. The molecule has 2 heterocycles. The molecule has 4 rings (SSSR count). The van der Waals surface area contributed by atoms with Crippen LogP contribution >= 0.6 is 22.9 Å². The van der Waals surface area contributed by atoms with Crippen molar-refractivity contribution in [3.63, 3.8) is 0 Å². The van der Waals surface area contributed by atoms with Crippen molar-refractivity contribution in [3.8, 4) is 16.2 Å². The molecule has 2 N–H and O–H groups in total. The second kappa shape index (κ2) is 8.51. The molecule has 0 bridgehead atoms. The summed E-state index contributed by atoms with van der Waals surface area (Å²) in [6, 6.07) is 15.3. The molecule has 2 unspecified atom stereocenters. The maximum absolute atomic E-state index is 12.4. The average molecular weight is 469 g/mol. The van der Waals surface area contributed by atoms with Gasteiger partial charge in [0.2, 0.25) is 0 Å². The van der Waals surface area contributed by atoms with E-state index in [1.54, 1.807) is 29.2 Å². The highest BCUT2D eigenvalue weighted by Crippen LogP contribution is 2.44. The van der Waals surface area contributed by atoms with E-state index >= 15 is 0 Å². The van der Waals surface area contributed by atoms with Crippen LogP contribution in [0.4, 0.5) is 24.5 Å². The van der Waals surface area contributed by atoms with Crippen LogP contribution in [0.5, 0.6) is 5.75 Å². The third kappa shape index (κ3) is 4.69. The molecule has 5 nitrogen and oxygen atoms in total. The smallest absolute Gasteiger partial charge is 0.417 e. The van der Waals surface area contributed by atoms with Crippen molar-refractivity contribution in [2.24, 2.45) is 4.99 Å².